The number of aromatic nitrogens is 3. The zero-order chi connectivity index (χ0) is 13.0. The molecule has 2 N–H and O–H groups in total. The molecule has 2 aromatic rings. The molecule has 0 aliphatic carbocycles. The second-order valence-corrected chi connectivity index (χ2v) is 4.06. The van der Waals surface area contributed by atoms with Crippen molar-refractivity contribution >= 4 is 0 Å². The molecular formula is C13H18N4O. The van der Waals surface area contributed by atoms with Crippen molar-refractivity contribution in [1.82, 2.24) is 14.8 Å². The normalized spacial score (nSPS) is 12.4. The van der Waals surface area contributed by atoms with Crippen LogP contribution in [0.5, 0.6) is 5.88 Å². The fourth-order valence-corrected chi connectivity index (χ4v) is 1.98. The van der Waals surface area contributed by atoms with Crippen molar-refractivity contribution in [3.8, 4) is 5.88 Å². The van der Waals surface area contributed by atoms with Gasteiger partial charge in [-0.25, -0.2) is 4.98 Å². The number of hydrogen-bond donors (Lipinski definition) is 1. The first kappa shape index (κ1) is 12.6. The summed E-state index contributed by atoms with van der Waals surface area (Å²) in [5.74, 6) is 0.564. The van der Waals surface area contributed by atoms with Crippen LogP contribution in [0.2, 0.25) is 0 Å². The summed E-state index contributed by atoms with van der Waals surface area (Å²) in [6.45, 7) is 2.97. The molecule has 0 aliphatic heterocycles. The van der Waals surface area contributed by atoms with Gasteiger partial charge in [-0.05, 0) is 18.6 Å². The highest BCUT2D eigenvalue weighted by atomic mass is 16.5. The summed E-state index contributed by atoms with van der Waals surface area (Å²) in [4.78, 5) is 4.17. The molecule has 18 heavy (non-hydrogen) atoms. The van der Waals surface area contributed by atoms with Gasteiger partial charge in [0.25, 0.3) is 0 Å². The molecule has 1 unspecified atom stereocenters. The van der Waals surface area contributed by atoms with Crippen molar-refractivity contribution in [2.24, 2.45) is 5.73 Å². The summed E-state index contributed by atoms with van der Waals surface area (Å²) in [5.41, 5.74) is 8.14. The monoisotopic (exact) mass is 246 g/mol. The van der Waals surface area contributed by atoms with E-state index >= 15 is 0 Å². The highest BCUT2D eigenvalue weighted by molar-refractivity contribution is 5.34. The van der Waals surface area contributed by atoms with Crippen LogP contribution in [-0.4, -0.2) is 21.9 Å². The van der Waals surface area contributed by atoms with Crippen molar-refractivity contribution in [3.63, 3.8) is 0 Å². The van der Waals surface area contributed by atoms with Crippen LogP contribution in [-0.2, 0) is 6.54 Å². The number of methoxy groups -OCH3 is 1. The number of nitrogens with two attached hydrogens (primary N) is 1. The average molecular weight is 246 g/mol. The second kappa shape index (κ2) is 5.64. The SMILES string of the molecule is CCCn1nccc1C(N)c1cccnc1OC. The van der Waals surface area contributed by atoms with Gasteiger partial charge in [0.05, 0.1) is 18.8 Å². The van der Waals surface area contributed by atoms with Gasteiger partial charge in [-0.3, -0.25) is 4.68 Å². The largest absolute Gasteiger partial charge is 0.481 e. The van der Waals surface area contributed by atoms with E-state index in [1.54, 1.807) is 19.5 Å². The van der Waals surface area contributed by atoms with Crippen molar-refractivity contribution in [3.05, 3.63) is 41.9 Å². The molecule has 5 heteroatoms. The molecule has 2 aromatic heterocycles. The van der Waals surface area contributed by atoms with Crippen molar-refractivity contribution < 1.29 is 4.74 Å². The Kier molecular flexibility index (Phi) is 3.94. The third kappa shape index (κ3) is 2.36. The molecule has 0 fully saturated rings. The molecule has 0 saturated carbocycles. The fourth-order valence-electron chi connectivity index (χ4n) is 1.98. The van der Waals surface area contributed by atoms with Gasteiger partial charge in [-0.2, -0.15) is 5.10 Å². The highest BCUT2D eigenvalue weighted by Crippen LogP contribution is 2.25. The number of pyridine rings is 1. The van der Waals surface area contributed by atoms with E-state index in [4.69, 9.17) is 10.5 Å². The Morgan fingerprint density at radius 1 is 1.39 bits per heavy atom. The number of nitrogens with zero attached hydrogens (tertiary/aromatic N) is 3. The maximum absolute atomic E-state index is 6.29. The lowest BCUT2D eigenvalue weighted by molar-refractivity contribution is 0.389. The second-order valence-electron chi connectivity index (χ2n) is 4.06. The minimum Gasteiger partial charge on any atom is -0.481 e. The lowest BCUT2D eigenvalue weighted by Crippen LogP contribution is -2.18. The Bertz CT molecular complexity index is 509. The van der Waals surface area contributed by atoms with Gasteiger partial charge in [0.1, 0.15) is 0 Å². The van der Waals surface area contributed by atoms with E-state index in [1.807, 2.05) is 22.9 Å². The van der Waals surface area contributed by atoms with Gasteiger partial charge in [-0.15, -0.1) is 0 Å². The number of hydrogen-bond acceptors (Lipinski definition) is 4. The Morgan fingerprint density at radius 2 is 2.22 bits per heavy atom. The Morgan fingerprint density at radius 3 is 2.94 bits per heavy atom. The van der Waals surface area contributed by atoms with Crippen LogP contribution < -0.4 is 10.5 Å². The minimum absolute atomic E-state index is 0.275. The van der Waals surface area contributed by atoms with Crippen LogP contribution >= 0.6 is 0 Å². The summed E-state index contributed by atoms with van der Waals surface area (Å²) in [6, 6.07) is 5.45. The van der Waals surface area contributed by atoms with E-state index < -0.39 is 0 Å². The molecule has 2 heterocycles. The Balaban J connectivity index is 2.35. The van der Waals surface area contributed by atoms with Gasteiger partial charge >= 0.3 is 0 Å². The van der Waals surface area contributed by atoms with Crippen LogP contribution in [0.15, 0.2) is 30.6 Å². The molecule has 5 nitrogen and oxygen atoms in total. The maximum Gasteiger partial charge on any atom is 0.218 e. The molecule has 0 aliphatic rings. The summed E-state index contributed by atoms with van der Waals surface area (Å²) in [6.07, 6.45) is 4.48. The third-order valence-corrected chi connectivity index (χ3v) is 2.83. The molecule has 0 spiro atoms. The molecule has 96 valence electrons. The highest BCUT2D eigenvalue weighted by Gasteiger charge is 2.18. The van der Waals surface area contributed by atoms with Gasteiger partial charge in [0.15, 0.2) is 0 Å². The molecule has 0 saturated heterocycles. The van der Waals surface area contributed by atoms with E-state index in [-0.39, 0.29) is 6.04 Å². The van der Waals surface area contributed by atoms with Crippen LogP contribution in [0.1, 0.15) is 30.6 Å². The predicted molar refractivity (Wildman–Crippen MR) is 69.3 cm³/mol. The summed E-state index contributed by atoms with van der Waals surface area (Å²) in [5, 5.41) is 4.28. The lowest BCUT2D eigenvalue weighted by Gasteiger charge is -2.16. The van der Waals surface area contributed by atoms with Gasteiger partial charge in [0.2, 0.25) is 5.88 Å². The summed E-state index contributed by atoms with van der Waals surface area (Å²) >= 11 is 0. The van der Waals surface area contributed by atoms with Gasteiger partial charge < -0.3 is 10.5 Å². The first-order valence-corrected chi connectivity index (χ1v) is 6.04. The number of aryl methyl sites for hydroxylation is 1. The molecular weight excluding hydrogens is 228 g/mol. The molecule has 2 rings (SSSR count). The van der Waals surface area contributed by atoms with Gasteiger partial charge in [0, 0.05) is 24.5 Å². The number of rotatable bonds is 5. The third-order valence-electron chi connectivity index (χ3n) is 2.83. The zero-order valence-electron chi connectivity index (χ0n) is 10.7. The average Bonchev–Trinajstić information content (AvgIpc) is 2.86. The standard InChI is InChI=1S/C13H18N4O/c1-3-9-17-11(6-8-16-17)12(14)10-5-4-7-15-13(10)18-2/h4-8,12H,3,9,14H2,1-2H3. The van der Waals surface area contributed by atoms with Crippen molar-refractivity contribution in [2.45, 2.75) is 25.9 Å². The summed E-state index contributed by atoms with van der Waals surface area (Å²) in [7, 11) is 1.60. The van der Waals surface area contributed by atoms with Crippen LogP contribution in [0.4, 0.5) is 0 Å². The van der Waals surface area contributed by atoms with Gasteiger partial charge in [-0.1, -0.05) is 13.0 Å². The molecule has 1 atom stereocenters. The fraction of sp³-hybridized carbons (Fsp3) is 0.385. The van der Waals surface area contributed by atoms with Crippen LogP contribution in [0.3, 0.4) is 0 Å². The first-order valence-electron chi connectivity index (χ1n) is 6.04. The predicted octanol–water partition coefficient (Wildman–Crippen LogP) is 1.74. The molecule has 0 radical (unpaired) electrons. The van der Waals surface area contributed by atoms with E-state index in [0.29, 0.717) is 5.88 Å². The van der Waals surface area contributed by atoms with E-state index in [0.717, 1.165) is 24.2 Å². The van der Waals surface area contributed by atoms with Crippen LogP contribution in [0, 0.1) is 0 Å². The molecule has 0 amide bonds. The Hall–Kier alpha value is -1.88. The molecule has 0 bridgehead atoms. The van der Waals surface area contributed by atoms with E-state index in [1.165, 1.54) is 0 Å². The van der Waals surface area contributed by atoms with E-state index in [2.05, 4.69) is 17.0 Å². The minimum atomic E-state index is -0.275. The van der Waals surface area contributed by atoms with E-state index in [9.17, 15) is 0 Å². The first-order chi connectivity index (χ1) is 8.77. The Labute approximate surface area is 107 Å². The topological polar surface area (TPSA) is 66.0 Å². The zero-order valence-corrected chi connectivity index (χ0v) is 10.7. The van der Waals surface area contributed by atoms with Crippen molar-refractivity contribution in [1.29, 1.82) is 0 Å². The quantitative estimate of drug-likeness (QED) is 0.872. The summed E-state index contributed by atoms with van der Waals surface area (Å²) < 4.78 is 7.17. The molecule has 0 aromatic carbocycles. The number of ether oxygens (including phenoxy) is 1. The maximum atomic E-state index is 6.29. The lowest BCUT2D eigenvalue weighted by atomic mass is 10.1. The van der Waals surface area contributed by atoms with Crippen molar-refractivity contribution in [2.75, 3.05) is 7.11 Å². The smallest absolute Gasteiger partial charge is 0.218 e. The van der Waals surface area contributed by atoms with Crippen LogP contribution in [0.25, 0.3) is 0 Å².